The summed E-state index contributed by atoms with van der Waals surface area (Å²) in [4.78, 5) is 3.57. The molecule has 0 radical (unpaired) electrons. The topological polar surface area (TPSA) is 24.9 Å². The molecule has 1 rings (SSSR count). The number of anilines is 1. The van der Waals surface area contributed by atoms with Crippen LogP contribution in [0.15, 0.2) is 12.3 Å². The first-order chi connectivity index (χ1) is 6.45. The van der Waals surface area contributed by atoms with Crippen LogP contribution in [0, 0.1) is 0 Å². The van der Waals surface area contributed by atoms with Crippen LogP contribution >= 0.6 is 24.0 Å². The Labute approximate surface area is 96.2 Å². The molecule has 0 aliphatic heterocycles. The molecule has 0 saturated carbocycles. The number of nitrogens with one attached hydrogen (secondary N) is 1. The van der Waals surface area contributed by atoms with Crippen molar-refractivity contribution < 1.29 is 13.2 Å². The first kappa shape index (κ1) is 14.3. The van der Waals surface area contributed by atoms with Crippen LogP contribution in [0.3, 0.4) is 0 Å². The highest BCUT2D eigenvalue weighted by molar-refractivity contribution is 6.32. The molecule has 86 valence electrons. The van der Waals surface area contributed by atoms with Gasteiger partial charge >= 0.3 is 6.18 Å². The summed E-state index contributed by atoms with van der Waals surface area (Å²) in [7, 11) is 0. The minimum Gasteiger partial charge on any atom is -0.369 e. The van der Waals surface area contributed by atoms with E-state index in [1.165, 1.54) is 0 Å². The number of hydrogen-bond donors (Lipinski definition) is 1. The van der Waals surface area contributed by atoms with Crippen LogP contribution in [-0.2, 0) is 6.18 Å². The summed E-state index contributed by atoms with van der Waals surface area (Å²) in [6, 6.07) is 0.854. The van der Waals surface area contributed by atoms with Crippen molar-refractivity contribution in [1.82, 2.24) is 4.98 Å². The van der Waals surface area contributed by atoms with Crippen LogP contribution in [0.1, 0.15) is 12.5 Å². The highest BCUT2D eigenvalue weighted by atomic mass is 35.5. The molecule has 1 heterocycles. The molecule has 0 aliphatic rings. The van der Waals surface area contributed by atoms with Gasteiger partial charge in [-0.25, -0.2) is 4.98 Å². The van der Waals surface area contributed by atoms with E-state index in [9.17, 15) is 13.2 Å². The van der Waals surface area contributed by atoms with Gasteiger partial charge in [-0.05, 0) is 13.0 Å². The van der Waals surface area contributed by atoms with Gasteiger partial charge in [-0.3, -0.25) is 0 Å². The smallest absolute Gasteiger partial charge is 0.369 e. The van der Waals surface area contributed by atoms with E-state index in [0.29, 0.717) is 6.54 Å². The zero-order valence-electron chi connectivity index (χ0n) is 7.73. The highest BCUT2D eigenvalue weighted by Gasteiger charge is 2.31. The maximum absolute atomic E-state index is 12.2. The number of hydrogen-bond acceptors (Lipinski definition) is 2. The average Bonchev–Trinajstić information content (AvgIpc) is 2.07. The lowest BCUT2D eigenvalue weighted by Gasteiger charge is -2.09. The van der Waals surface area contributed by atoms with Crippen LogP contribution < -0.4 is 5.32 Å². The molecule has 0 atom stereocenters. The average molecular weight is 261 g/mol. The number of rotatable bonds is 2. The predicted molar refractivity (Wildman–Crippen MR) is 55.7 cm³/mol. The van der Waals surface area contributed by atoms with Crippen molar-refractivity contribution in [2.45, 2.75) is 13.1 Å². The van der Waals surface area contributed by atoms with Gasteiger partial charge in [0.15, 0.2) is 0 Å². The molecule has 7 heteroatoms. The maximum atomic E-state index is 12.2. The Bertz CT molecular complexity index is 328. The van der Waals surface area contributed by atoms with E-state index in [4.69, 9.17) is 11.6 Å². The van der Waals surface area contributed by atoms with E-state index >= 15 is 0 Å². The molecule has 0 unspecified atom stereocenters. The molecule has 1 aromatic rings. The lowest BCUT2D eigenvalue weighted by Crippen LogP contribution is -2.07. The second-order valence-electron chi connectivity index (χ2n) is 2.58. The van der Waals surface area contributed by atoms with Gasteiger partial charge in [0.2, 0.25) is 0 Å². The molecule has 0 fully saturated rings. The third kappa shape index (κ3) is 3.76. The van der Waals surface area contributed by atoms with Gasteiger partial charge in [0.1, 0.15) is 5.82 Å². The van der Waals surface area contributed by atoms with Crippen LogP contribution in [-0.4, -0.2) is 11.5 Å². The quantitative estimate of drug-likeness (QED) is 0.879. The Morgan fingerprint density at radius 3 is 2.47 bits per heavy atom. The number of nitrogens with zero attached hydrogens (tertiary/aromatic N) is 1. The van der Waals surface area contributed by atoms with Crippen molar-refractivity contribution in [3.63, 3.8) is 0 Å². The van der Waals surface area contributed by atoms with Crippen molar-refractivity contribution in [3.05, 3.63) is 22.8 Å². The third-order valence-electron chi connectivity index (χ3n) is 1.51. The number of halogens is 5. The van der Waals surface area contributed by atoms with Crippen molar-refractivity contribution >= 4 is 29.8 Å². The van der Waals surface area contributed by atoms with Gasteiger partial charge in [0.05, 0.1) is 10.6 Å². The SMILES string of the molecule is CCNc1ncc(C(F)(F)F)cc1Cl.Cl. The number of alkyl halides is 3. The molecule has 2 nitrogen and oxygen atoms in total. The Morgan fingerprint density at radius 2 is 2.07 bits per heavy atom. The summed E-state index contributed by atoms with van der Waals surface area (Å²) < 4.78 is 36.5. The van der Waals surface area contributed by atoms with E-state index in [2.05, 4.69) is 10.3 Å². The van der Waals surface area contributed by atoms with E-state index < -0.39 is 11.7 Å². The largest absolute Gasteiger partial charge is 0.417 e. The summed E-state index contributed by atoms with van der Waals surface area (Å²) in [5.41, 5.74) is -0.843. The summed E-state index contributed by atoms with van der Waals surface area (Å²) in [6.07, 6.45) is -3.65. The summed E-state index contributed by atoms with van der Waals surface area (Å²) >= 11 is 5.59. The molecular formula is C8H9Cl2F3N2. The van der Waals surface area contributed by atoms with E-state index in [1.807, 2.05) is 0 Å². The van der Waals surface area contributed by atoms with Crippen LogP contribution in [0.2, 0.25) is 5.02 Å². The Morgan fingerprint density at radius 1 is 1.47 bits per heavy atom. The second-order valence-corrected chi connectivity index (χ2v) is 2.99. The lowest BCUT2D eigenvalue weighted by atomic mass is 10.3. The third-order valence-corrected chi connectivity index (χ3v) is 1.80. The van der Waals surface area contributed by atoms with Crippen molar-refractivity contribution in [2.75, 3.05) is 11.9 Å². The Balaban J connectivity index is 0.00000196. The maximum Gasteiger partial charge on any atom is 0.417 e. The van der Waals surface area contributed by atoms with Crippen molar-refractivity contribution in [1.29, 1.82) is 0 Å². The minimum absolute atomic E-state index is 0. The van der Waals surface area contributed by atoms with Gasteiger partial charge in [0.25, 0.3) is 0 Å². The molecular weight excluding hydrogens is 252 g/mol. The zero-order chi connectivity index (χ0) is 10.8. The lowest BCUT2D eigenvalue weighted by molar-refractivity contribution is -0.137. The first-order valence-corrected chi connectivity index (χ1v) is 4.29. The molecule has 0 aliphatic carbocycles. The number of pyridine rings is 1. The molecule has 0 spiro atoms. The minimum atomic E-state index is -4.40. The summed E-state index contributed by atoms with van der Waals surface area (Å²) in [5, 5.41) is 2.72. The van der Waals surface area contributed by atoms with Crippen molar-refractivity contribution in [3.8, 4) is 0 Å². The summed E-state index contributed by atoms with van der Waals surface area (Å²) in [5.74, 6) is 0.266. The van der Waals surface area contributed by atoms with Gasteiger partial charge in [-0.15, -0.1) is 12.4 Å². The van der Waals surface area contributed by atoms with Gasteiger partial charge in [-0.2, -0.15) is 13.2 Å². The molecule has 15 heavy (non-hydrogen) atoms. The van der Waals surface area contributed by atoms with Crippen LogP contribution in [0.25, 0.3) is 0 Å². The highest BCUT2D eigenvalue weighted by Crippen LogP contribution is 2.32. The van der Waals surface area contributed by atoms with Crippen molar-refractivity contribution in [2.24, 2.45) is 0 Å². The van der Waals surface area contributed by atoms with E-state index in [1.54, 1.807) is 6.92 Å². The monoisotopic (exact) mass is 260 g/mol. The predicted octanol–water partition coefficient (Wildman–Crippen LogP) is 3.61. The van der Waals surface area contributed by atoms with Crippen LogP contribution in [0.4, 0.5) is 19.0 Å². The second kappa shape index (κ2) is 5.42. The normalized spacial score (nSPS) is 10.7. The first-order valence-electron chi connectivity index (χ1n) is 3.91. The molecule has 0 amide bonds. The fourth-order valence-corrected chi connectivity index (χ4v) is 1.12. The molecule has 1 aromatic heterocycles. The standard InChI is InChI=1S/C8H8ClF3N2.ClH/c1-2-13-7-6(9)3-5(4-14-7)8(10,11)12;/h3-4H,2H2,1H3,(H,13,14);1H. The van der Waals surface area contributed by atoms with Gasteiger partial charge < -0.3 is 5.32 Å². The van der Waals surface area contributed by atoms with E-state index in [0.717, 1.165) is 12.3 Å². The van der Waals surface area contributed by atoms with Crippen LogP contribution in [0.5, 0.6) is 0 Å². The molecule has 0 aromatic carbocycles. The summed E-state index contributed by atoms with van der Waals surface area (Å²) in [6.45, 7) is 2.35. The Kier molecular flexibility index (Phi) is 5.17. The number of aromatic nitrogens is 1. The fraction of sp³-hybridized carbons (Fsp3) is 0.375. The molecule has 0 saturated heterocycles. The molecule has 1 N–H and O–H groups in total. The zero-order valence-corrected chi connectivity index (χ0v) is 9.30. The van der Waals surface area contributed by atoms with E-state index in [-0.39, 0.29) is 23.2 Å². The fourth-order valence-electron chi connectivity index (χ4n) is 0.890. The molecule has 0 bridgehead atoms. The van der Waals surface area contributed by atoms with Gasteiger partial charge in [0, 0.05) is 12.7 Å². The van der Waals surface area contributed by atoms with Gasteiger partial charge in [-0.1, -0.05) is 11.6 Å². The Hall–Kier alpha value is -0.680.